The van der Waals surface area contributed by atoms with Gasteiger partial charge >= 0.3 is 11.9 Å². The molecule has 1 amide bonds. The van der Waals surface area contributed by atoms with Crippen molar-refractivity contribution in [2.24, 2.45) is 0 Å². The van der Waals surface area contributed by atoms with Crippen molar-refractivity contribution >= 4 is 29.6 Å². The van der Waals surface area contributed by atoms with E-state index in [9.17, 15) is 19.5 Å². The van der Waals surface area contributed by atoms with Crippen LogP contribution in [0.15, 0.2) is 65.4 Å². The number of ether oxygens (including phenoxy) is 2. The van der Waals surface area contributed by atoms with E-state index in [2.05, 4.69) is 0 Å². The van der Waals surface area contributed by atoms with Crippen LogP contribution < -0.4 is 4.90 Å². The zero-order chi connectivity index (χ0) is 21.8. The fourth-order valence-electron chi connectivity index (χ4n) is 3.23. The van der Waals surface area contributed by atoms with E-state index in [1.165, 1.54) is 30.2 Å². The fraction of sp³-hybridized carbons (Fsp3) is 0.174. The van der Waals surface area contributed by atoms with Gasteiger partial charge in [0.05, 0.1) is 30.4 Å². The Labute approximate surface area is 173 Å². The average Bonchev–Trinajstić information content (AvgIpc) is 2.97. The number of hydrogen-bond acceptors (Lipinski definition) is 6. The second-order valence-electron chi connectivity index (χ2n) is 6.51. The van der Waals surface area contributed by atoms with Gasteiger partial charge in [0.15, 0.2) is 0 Å². The summed E-state index contributed by atoms with van der Waals surface area (Å²) in [7, 11) is 1.25. The van der Waals surface area contributed by atoms with Gasteiger partial charge in [0.25, 0.3) is 5.91 Å². The third kappa shape index (κ3) is 3.96. The Hall–Kier alpha value is -3.87. The number of benzene rings is 2. The predicted octanol–water partition coefficient (Wildman–Crippen LogP) is 3.45. The van der Waals surface area contributed by atoms with Gasteiger partial charge in [-0.25, -0.2) is 9.59 Å². The monoisotopic (exact) mass is 407 g/mol. The Kier molecular flexibility index (Phi) is 6.01. The number of methoxy groups -OCH3 is 1. The predicted molar refractivity (Wildman–Crippen MR) is 111 cm³/mol. The number of hydrogen-bond donors (Lipinski definition) is 1. The van der Waals surface area contributed by atoms with Crippen LogP contribution in [0, 0.1) is 0 Å². The van der Waals surface area contributed by atoms with E-state index in [4.69, 9.17) is 9.47 Å². The van der Waals surface area contributed by atoms with Gasteiger partial charge < -0.3 is 14.6 Å². The quantitative estimate of drug-likeness (QED) is 0.603. The first-order valence-corrected chi connectivity index (χ1v) is 9.29. The third-order valence-corrected chi connectivity index (χ3v) is 4.61. The van der Waals surface area contributed by atoms with E-state index in [0.717, 1.165) is 0 Å². The summed E-state index contributed by atoms with van der Waals surface area (Å²) in [4.78, 5) is 38.9. The van der Waals surface area contributed by atoms with Gasteiger partial charge in [0.2, 0.25) is 0 Å². The molecule has 0 aromatic heterocycles. The van der Waals surface area contributed by atoms with E-state index >= 15 is 0 Å². The Morgan fingerprint density at radius 1 is 1.10 bits per heavy atom. The molecule has 1 aliphatic rings. The van der Waals surface area contributed by atoms with Gasteiger partial charge in [-0.05, 0) is 61.9 Å². The van der Waals surface area contributed by atoms with Crippen LogP contribution in [0.2, 0.25) is 0 Å². The molecule has 1 heterocycles. The van der Waals surface area contributed by atoms with Crippen molar-refractivity contribution in [3.8, 4) is 5.75 Å². The Morgan fingerprint density at radius 2 is 1.80 bits per heavy atom. The molecule has 0 fully saturated rings. The van der Waals surface area contributed by atoms with Crippen LogP contribution in [0.3, 0.4) is 0 Å². The molecule has 0 radical (unpaired) electrons. The second-order valence-corrected chi connectivity index (χ2v) is 6.51. The average molecular weight is 407 g/mol. The van der Waals surface area contributed by atoms with Gasteiger partial charge in [-0.2, -0.15) is 0 Å². The summed E-state index contributed by atoms with van der Waals surface area (Å²) in [6.07, 6.45) is 1.53. The molecule has 30 heavy (non-hydrogen) atoms. The molecule has 0 spiro atoms. The molecule has 0 unspecified atom stereocenters. The molecule has 1 N–H and O–H groups in total. The van der Waals surface area contributed by atoms with Gasteiger partial charge in [0, 0.05) is 11.4 Å². The van der Waals surface area contributed by atoms with Crippen LogP contribution in [-0.2, 0) is 19.1 Å². The topological polar surface area (TPSA) is 93.1 Å². The minimum Gasteiger partial charge on any atom is -0.508 e. The van der Waals surface area contributed by atoms with Crippen molar-refractivity contribution in [3.63, 3.8) is 0 Å². The highest BCUT2D eigenvalue weighted by Crippen LogP contribution is 2.35. The molecule has 2 aromatic carbocycles. The van der Waals surface area contributed by atoms with E-state index < -0.39 is 17.8 Å². The molecule has 2 aromatic rings. The summed E-state index contributed by atoms with van der Waals surface area (Å²) in [6.45, 7) is 3.63. The number of allylic oxidation sites excluding steroid dienone is 1. The molecule has 0 saturated heterocycles. The molecule has 154 valence electrons. The van der Waals surface area contributed by atoms with Crippen LogP contribution in [0.1, 0.15) is 29.8 Å². The Bertz CT molecular complexity index is 1070. The second kappa shape index (κ2) is 8.65. The van der Waals surface area contributed by atoms with Crippen LogP contribution >= 0.6 is 0 Å². The molecule has 0 atom stereocenters. The molecular formula is C23H21NO6. The summed E-state index contributed by atoms with van der Waals surface area (Å²) >= 11 is 0. The summed E-state index contributed by atoms with van der Waals surface area (Å²) in [5.41, 5.74) is 2.11. The first-order chi connectivity index (χ1) is 14.4. The Balaban J connectivity index is 2.04. The van der Waals surface area contributed by atoms with Crippen LogP contribution in [0.4, 0.5) is 5.69 Å². The van der Waals surface area contributed by atoms with E-state index in [0.29, 0.717) is 22.5 Å². The van der Waals surface area contributed by atoms with E-state index in [1.807, 2.05) is 0 Å². The van der Waals surface area contributed by atoms with Gasteiger partial charge in [-0.3, -0.25) is 9.69 Å². The lowest BCUT2D eigenvalue weighted by Gasteiger charge is -2.18. The maximum Gasteiger partial charge on any atom is 0.340 e. The first kappa shape index (κ1) is 20.9. The fourth-order valence-corrected chi connectivity index (χ4v) is 3.23. The van der Waals surface area contributed by atoms with Crippen molar-refractivity contribution in [3.05, 3.63) is 76.5 Å². The lowest BCUT2D eigenvalue weighted by Crippen LogP contribution is -2.24. The highest BCUT2D eigenvalue weighted by atomic mass is 16.5. The van der Waals surface area contributed by atoms with Crippen molar-refractivity contribution in [2.45, 2.75) is 13.8 Å². The highest BCUT2D eigenvalue weighted by molar-refractivity contribution is 6.23. The number of phenolic OH excluding ortho intramolecular Hbond substituents is 1. The minimum absolute atomic E-state index is 0.0431. The van der Waals surface area contributed by atoms with Crippen LogP contribution in [0.25, 0.3) is 6.08 Å². The van der Waals surface area contributed by atoms with Crippen LogP contribution in [-0.4, -0.2) is 36.7 Å². The molecule has 1 aliphatic heterocycles. The SMILES string of the molecule is CCOC(=O)c1ccc(N2C(=O)/C(=C\c3cccc(O)c3)C(C(=O)OC)=C2C)cc1. The summed E-state index contributed by atoms with van der Waals surface area (Å²) in [6, 6.07) is 12.7. The molecule has 7 heteroatoms. The normalized spacial score (nSPS) is 15.0. The lowest BCUT2D eigenvalue weighted by atomic mass is 10.0. The van der Waals surface area contributed by atoms with Crippen molar-refractivity contribution in [1.29, 1.82) is 0 Å². The number of rotatable bonds is 5. The zero-order valence-electron chi connectivity index (χ0n) is 16.8. The molecule has 0 bridgehead atoms. The standard InChI is InChI=1S/C23H21NO6/c1-4-30-22(27)16-8-10-17(11-9-16)24-14(2)20(23(28)29-3)19(21(24)26)13-15-6-5-7-18(25)12-15/h5-13,25H,4H2,1-3H3/b19-13-. The van der Waals surface area contributed by atoms with Gasteiger partial charge in [0.1, 0.15) is 5.75 Å². The Morgan fingerprint density at radius 3 is 2.40 bits per heavy atom. The molecule has 7 nitrogen and oxygen atoms in total. The lowest BCUT2D eigenvalue weighted by molar-refractivity contribution is -0.136. The maximum absolute atomic E-state index is 13.2. The van der Waals surface area contributed by atoms with Gasteiger partial charge in [-0.15, -0.1) is 0 Å². The number of aromatic hydroxyl groups is 1. The maximum atomic E-state index is 13.2. The number of carbonyl (C=O) groups is 3. The van der Waals surface area contributed by atoms with E-state index in [-0.39, 0.29) is 23.5 Å². The van der Waals surface area contributed by atoms with Crippen LogP contribution in [0.5, 0.6) is 5.75 Å². The highest BCUT2D eigenvalue weighted by Gasteiger charge is 2.37. The van der Waals surface area contributed by atoms with Crippen molar-refractivity contribution in [2.75, 3.05) is 18.6 Å². The third-order valence-electron chi connectivity index (χ3n) is 4.61. The number of esters is 2. The summed E-state index contributed by atoms with van der Waals surface area (Å²) in [5, 5.41) is 9.70. The number of phenols is 1. The summed E-state index contributed by atoms with van der Waals surface area (Å²) in [5.74, 6) is -1.47. The van der Waals surface area contributed by atoms with Gasteiger partial charge in [-0.1, -0.05) is 12.1 Å². The molecule has 0 saturated carbocycles. The zero-order valence-corrected chi connectivity index (χ0v) is 16.8. The first-order valence-electron chi connectivity index (χ1n) is 9.29. The van der Waals surface area contributed by atoms with Crippen molar-refractivity contribution < 1.29 is 29.0 Å². The van der Waals surface area contributed by atoms with E-state index in [1.54, 1.807) is 50.2 Å². The largest absolute Gasteiger partial charge is 0.508 e. The van der Waals surface area contributed by atoms with Crippen molar-refractivity contribution in [1.82, 2.24) is 0 Å². The number of carbonyl (C=O) groups excluding carboxylic acids is 3. The molecule has 3 rings (SSSR count). The number of nitrogens with zero attached hydrogens (tertiary/aromatic N) is 1. The molecular weight excluding hydrogens is 386 g/mol. The smallest absolute Gasteiger partial charge is 0.340 e. The number of anilines is 1. The minimum atomic E-state index is -0.641. The molecule has 0 aliphatic carbocycles. The summed E-state index contributed by atoms with van der Waals surface area (Å²) < 4.78 is 9.85. The number of amides is 1.